The van der Waals surface area contributed by atoms with E-state index >= 15 is 0 Å². The molecule has 100 valence electrons. The molecule has 3 N–H and O–H groups in total. The Hall–Kier alpha value is -0.870. The van der Waals surface area contributed by atoms with Crippen molar-refractivity contribution in [2.24, 2.45) is 11.7 Å². The minimum absolute atomic E-state index is 0.0242. The van der Waals surface area contributed by atoms with Crippen molar-refractivity contribution in [3.05, 3.63) is 34.3 Å². The maximum atomic E-state index is 11.9. The van der Waals surface area contributed by atoms with E-state index in [1.165, 1.54) is 0 Å². The Kier molecular flexibility index (Phi) is 5.82. The lowest BCUT2D eigenvalue weighted by Gasteiger charge is -2.19. The number of benzene rings is 1. The number of nitrogens with two attached hydrogens (primary N) is 1. The van der Waals surface area contributed by atoms with Crippen molar-refractivity contribution in [1.29, 1.82) is 0 Å². The molecule has 0 spiro atoms. The third kappa shape index (κ3) is 4.78. The van der Waals surface area contributed by atoms with Gasteiger partial charge in [0, 0.05) is 4.47 Å². The predicted molar refractivity (Wildman–Crippen MR) is 78.1 cm³/mol. The molecule has 0 fully saturated rings. The summed E-state index contributed by atoms with van der Waals surface area (Å²) < 4.78 is 1.03. The van der Waals surface area contributed by atoms with Crippen LogP contribution in [-0.2, 0) is 4.79 Å². The number of hydrogen-bond donors (Lipinski definition) is 2. The first-order valence-corrected chi connectivity index (χ1v) is 7.01. The van der Waals surface area contributed by atoms with Crippen molar-refractivity contribution in [2.45, 2.75) is 39.3 Å². The van der Waals surface area contributed by atoms with Gasteiger partial charge < -0.3 is 11.1 Å². The van der Waals surface area contributed by atoms with Crippen molar-refractivity contribution in [1.82, 2.24) is 5.32 Å². The lowest BCUT2D eigenvalue weighted by molar-refractivity contribution is -0.123. The average Bonchev–Trinajstić information content (AvgIpc) is 2.28. The van der Waals surface area contributed by atoms with Gasteiger partial charge in [-0.25, -0.2) is 0 Å². The van der Waals surface area contributed by atoms with Crippen molar-refractivity contribution >= 4 is 21.8 Å². The molecule has 0 saturated carbocycles. The lowest BCUT2D eigenvalue weighted by Crippen LogP contribution is -2.42. The zero-order chi connectivity index (χ0) is 13.7. The zero-order valence-electron chi connectivity index (χ0n) is 11.1. The molecule has 1 rings (SSSR count). The molecule has 0 aliphatic heterocycles. The summed E-state index contributed by atoms with van der Waals surface area (Å²) in [6.45, 7) is 6.08. The molecule has 1 amide bonds. The van der Waals surface area contributed by atoms with E-state index in [0.29, 0.717) is 12.3 Å². The third-order valence-corrected chi connectivity index (χ3v) is 3.32. The first-order chi connectivity index (χ1) is 8.40. The van der Waals surface area contributed by atoms with Crippen molar-refractivity contribution in [3.8, 4) is 0 Å². The number of carbonyl (C=O) groups excluding carboxylic acids is 1. The van der Waals surface area contributed by atoms with Gasteiger partial charge >= 0.3 is 0 Å². The number of halogens is 1. The van der Waals surface area contributed by atoms with Crippen LogP contribution in [-0.4, -0.2) is 11.9 Å². The SMILES string of the molecule is CC(C)C[C@@H](N)C(=O)N[C@H](C)c1ccc(Br)cc1. The standard InChI is InChI=1S/C14H21BrN2O/c1-9(2)8-13(16)14(18)17-10(3)11-4-6-12(15)7-5-11/h4-7,9-10,13H,8,16H2,1-3H3,(H,17,18)/t10-,13-/m1/s1. The lowest BCUT2D eigenvalue weighted by atomic mass is 10.0. The molecule has 0 heterocycles. The van der Waals surface area contributed by atoms with E-state index in [1.54, 1.807) is 0 Å². The van der Waals surface area contributed by atoms with E-state index in [2.05, 4.69) is 35.1 Å². The van der Waals surface area contributed by atoms with Gasteiger partial charge in [-0.05, 0) is 37.0 Å². The summed E-state index contributed by atoms with van der Waals surface area (Å²) in [4.78, 5) is 11.9. The first kappa shape index (κ1) is 15.2. The van der Waals surface area contributed by atoms with Gasteiger partial charge in [0.15, 0.2) is 0 Å². The largest absolute Gasteiger partial charge is 0.348 e. The molecule has 3 nitrogen and oxygen atoms in total. The third-order valence-electron chi connectivity index (χ3n) is 2.79. The fraction of sp³-hybridized carbons (Fsp3) is 0.500. The monoisotopic (exact) mass is 312 g/mol. The normalized spacial score (nSPS) is 14.3. The van der Waals surface area contributed by atoms with Gasteiger partial charge in [-0.3, -0.25) is 4.79 Å². The Balaban J connectivity index is 2.56. The topological polar surface area (TPSA) is 55.1 Å². The molecule has 0 aliphatic carbocycles. The molecule has 0 bridgehead atoms. The van der Waals surface area contributed by atoms with E-state index in [0.717, 1.165) is 10.0 Å². The van der Waals surface area contributed by atoms with Gasteiger partial charge in [0.25, 0.3) is 0 Å². The van der Waals surface area contributed by atoms with Crippen LogP contribution in [0.4, 0.5) is 0 Å². The molecule has 2 atom stereocenters. The van der Waals surface area contributed by atoms with E-state index in [4.69, 9.17) is 5.73 Å². The van der Waals surface area contributed by atoms with Crippen molar-refractivity contribution in [2.75, 3.05) is 0 Å². The summed E-state index contributed by atoms with van der Waals surface area (Å²) in [5, 5.41) is 2.94. The molecular formula is C14H21BrN2O. The Bertz CT molecular complexity index is 389. The second-order valence-electron chi connectivity index (χ2n) is 5.02. The molecule has 0 aliphatic rings. The molecule has 1 aromatic rings. The molecule has 18 heavy (non-hydrogen) atoms. The fourth-order valence-electron chi connectivity index (χ4n) is 1.77. The first-order valence-electron chi connectivity index (χ1n) is 6.21. The summed E-state index contributed by atoms with van der Waals surface area (Å²) in [6, 6.07) is 7.45. The van der Waals surface area contributed by atoms with E-state index in [-0.39, 0.29) is 11.9 Å². The van der Waals surface area contributed by atoms with Crippen LogP contribution in [0.1, 0.15) is 38.8 Å². The van der Waals surface area contributed by atoms with E-state index in [1.807, 2.05) is 31.2 Å². The molecule has 1 aromatic carbocycles. The number of amides is 1. The van der Waals surface area contributed by atoms with E-state index < -0.39 is 6.04 Å². The maximum Gasteiger partial charge on any atom is 0.237 e. The molecular weight excluding hydrogens is 292 g/mol. The summed E-state index contributed by atoms with van der Waals surface area (Å²) in [5.74, 6) is 0.341. The predicted octanol–water partition coefficient (Wildman–Crippen LogP) is 3.00. The Morgan fingerprint density at radius 1 is 1.28 bits per heavy atom. The maximum absolute atomic E-state index is 11.9. The smallest absolute Gasteiger partial charge is 0.237 e. The van der Waals surface area contributed by atoms with Crippen LogP contribution in [0.3, 0.4) is 0 Å². The molecule has 0 unspecified atom stereocenters. The fourth-order valence-corrected chi connectivity index (χ4v) is 2.03. The summed E-state index contributed by atoms with van der Waals surface area (Å²) in [7, 11) is 0. The molecule has 0 radical (unpaired) electrons. The van der Waals surface area contributed by atoms with Gasteiger partial charge in [-0.1, -0.05) is 41.9 Å². The van der Waals surface area contributed by atoms with Crippen molar-refractivity contribution < 1.29 is 4.79 Å². The van der Waals surface area contributed by atoms with Crippen LogP contribution >= 0.6 is 15.9 Å². The highest BCUT2D eigenvalue weighted by Crippen LogP contribution is 2.16. The van der Waals surface area contributed by atoms with Gasteiger partial charge in [0.05, 0.1) is 12.1 Å². The number of nitrogens with one attached hydrogen (secondary N) is 1. The van der Waals surface area contributed by atoms with Gasteiger partial charge in [-0.15, -0.1) is 0 Å². The average molecular weight is 313 g/mol. The van der Waals surface area contributed by atoms with E-state index in [9.17, 15) is 4.79 Å². The second-order valence-corrected chi connectivity index (χ2v) is 5.93. The summed E-state index contributed by atoms with van der Waals surface area (Å²) in [6.07, 6.45) is 0.707. The Labute approximate surface area is 117 Å². The molecule has 0 saturated heterocycles. The van der Waals surface area contributed by atoms with Gasteiger partial charge in [-0.2, -0.15) is 0 Å². The van der Waals surface area contributed by atoms with Crippen LogP contribution < -0.4 is 11.1 Å². The van der Waals surface area contributed by atoms with Gasteiger partial charge in [0.1, 0.15) is 0 Å². The van der Waals surface area contributed by atoms with Crippen LogP contribution in [0.2, 0.25) is 0 Å². The number of rotatable bonds is 5. The summed E-state index contributed by atoms with van der Waals surface area (Å²) in [5.41, 5.74) is 6.92. The highest BCUT2D eigenvalue weighted by atomic mass is 79.9. The highest BCUT2D eigenvalue weighted by Gasteiger charge is 2.17. The van der Waals surface area contributed by atoms with Crippen LogP contribution in [0.15, 0.2) is 28.7 Å². The minimum Gasteiger partial charge on any atom is -0.348 e. The highest BCUT2D eigenvalue weighted by molar-refractivity contribution is 9.10. The number of hydrogen-bond acceptors (Lipinski definition) is 2. The van der Waals surface area contributed by atoms with Gasteiger partial charge in [0.2, 0.25) is 5.91 Å². The Morgan fingerprint density at radius 2 is 1.83 bits per heavy atom. The van der Waals surface area contributed by atoms with Crippen LogP contribution in [0, 0.1) is 5.92 Å². The minimum atomic E-state index is -0.428. The van der Waals surface area contributed by atoms with Crippen LogP contribution in [0.5, 0.6) is 0 Å². The molecule has 4 heteroatoms. The zero-order valence-corrected chi connectivity index (χ0v) is 12.7. The Morgan fingerprint density at radius 3 is 2.33 bits per heavy atom. The van der Waals surface area contributed by atoms with Crippen molar-refractivity contribution in [3.63, 3.8) is 0 Å². The number of carbonyl (C=O) groups is 1. The molecule has 0 aromatic heterocycles. The second kappa shape index (κ2) is 6.90. The quantitative estimate of drug-likeness (QED) is 0.878. The van der Waals surface area contributed by atoms with Crippen LogP contribution in [0.25, 0.3) is 0 Å². The summed E-state index contributed by atoms with van der Waals surface area (Å²) >= 11 is 3.39.